The molecule has 0 saturated carbocycles. The Morgan fingerprint density at radius 3 is 2.75 bits per heavy atom. The summed E-state index contributed by atoms with van der Waals surface area (Å²) in [5.74, 6) is 0.314. The minimum atomic E-state index is -0.236. The van der Waals surface area contributed by atoms with Crippen molar-refractivity contribution in [1.29, 1.82) is 0 Å². The number of thioether (sulfide) groups is 1. The second-order valence-electron chi connectivity index (χ2n) is 6.91. The highest BCUT2D eigenvalue weighted by atomic mass is 32.2. The molecule has 0 spiro atoms. The Bertz CT molecular complexity index is 781. The van der Waals surface area contributed by atoms with Crippen molar-refractivity contribution in [3.05, 3.63) is 65.5 Å². The van der Waals surface area contributed by atoms with Crippen LogP contribution in [0.3, 0.4) is 0 Å². The molecule has 1 fully saturated rings. The molecule has 1 N–H and O–H groups in total. The van der Waals surface area contributed by atoms with Crippen LogP contribution in [0.2, 0.25) is 0 Å². The molecule has 3 rings (SSSR count). The van der Waals surface area contributed by atoms with Crippen LogP contribution >= 0.6 is 11.8 Å². The number of amides is 1. The Kier molecular flexibility index (Phi) is 7.89. The molecule has 1 amide bonds. The Balaban J connectivity index is 1.53. The van der Waals surface area contributed by atoms with Gasteiger partial charge in [-0.05, 0) is 24.6 Å². The van der Waals surface area contributed by atoms with E-state index in [0.29, 0.717) is 23.6 Å². The van der Waals surface area contributed by atoms with E-state index in [4.69, 9.17) is 4.74 Å². The van der Waals surface area contributed by atoms with Gasteiger partial charge in [0, 0.05) is 36.7 Å². The third-order valence-corrected chi connectivity index (χ3v) is 5.88. The predicted octanol–water partition coefficient (Wildman–Crippen LogP) is 3.81. The molecule has 1 aliphatic rings. The van der Waals surface area contributed by atoms with E-state index in [0.717, 1.165) is 26.3 Å². The Morgan fingerprint density at radius 2 is 2.00 bits per heavy atom. The zero-order chi connectivity index (χ0) is 19.8. The molecular formula is C22H27FN2O2S. The molecule has 2 aromatic rings. The van der Waals surface area contributed by atoms with Gasteiger partial charge in [0.15, 0.2) is 0 Å². The molecule has 0 radical (unpaired) electrons. The molecule has 150 valence electrons. The SMILES string of the molecule is Cc1cccc(C(CNC(=O)CCSc2ccccc2F)N2CCOCC2)c1. The van der Waals surface area contributed by atoms with Crippen LogP contribution in [-0.4, -0.2) is 49.4 Å². The van der Waals surface area contributed by atoms with Gasteiger partial charge in [0.05, 0.1) is 19.3 Å². The van der Waals surface area contributed by atoms with Crippen molar-refractivity contribution in [2.45, 2.75) is 24.3 Å². The van der Waals surface area contributed by atoms with Crippen molar-refractivity contribution >= 4 is 17.7 Å². The van der Waals surface area contributed by atoms with Crippen LogP contribution < -0.4 is 5.32 Å². The fourth-order valence-corrected chi connectivity index (χ4v) is 4.23. The monoisotopic (exact) mass is 402 g/mol. The normalized spacial score (nSPS) is 15.9. The van der Waals surface area contributed by atoms with Gasteiger partial charge in [-0.1, -0.05) is 42.0 Å². The highest BCUT2D eigenvalue weighted by molar-refractivity contribution is 7.99. The topological polar surface area (TPSA) is 41.6 Å². The van der Waals surface area contributed by atoms with Gasteiger partial charge in [0.25, 0.3) is 0 Å². The van der Waals surface area contributed by atoms with Crippen LogP contribution in [0.15, 0.2) is 53.4 Å². The second kappa shape index (κ2) is 10.6. The van der Waals surface area contributed by atoms with Crippen LogP contribution in [0.5, 0.6) is 0 Å². The van der Waals surface area contributed by atoms with Crippen LogP contribution in [0.4, 0.5) is 4.39 Å². The van der Waals surface area contributed by atoms with Crippen LogP contribution in [0.25, 0.3) is 0 Å². The quantitative estimate of drug-likeness (QED) is 0.682. The first kappa shape index (κ1) is 20.8. The van der Waals surface area contributed by atoms with Gasteiger partial charge in [-0.2, -0.15) is 0 Å². The van der Waals surface area contributed by atoms with Crippen molar-refractivity contribution in [3.63, 3.8) is 0 Å². The number of carbonyl (C=O) groups is 1. The fraction of sp³-hybridized carbons (Fsp3) is 0.409. The van der Waals surface area contributed by atoms with Gasteiger partial charge < -0.3 is 10.1 Å². The molecule has 1 saturated heterocycles. The van der Waals surface area contributed by atoms with Crippen molar-refractivity contribution in [3.8, 4) is 0 Å². The molecule has 28 heavy (non-hydrogen) atoms. The van der Waals surface area contributed by atoms with E-state index in [2.05, 4.69) is 41.4 Å². The summed E-state index contributed by atoms with van der Waals surface area (Å²) in [7, 11) is 0. The van der Waals surface area contributed by atoms with E-state index in [1.807, 2.05) is 0 Å². The average molecular weight is 403 g/mol. The largest absolute Gasteiger partial charge is 0.379 e. The second-order valence-corrected chi connectivity index (χ2v) is 8.05. The first-order chi connectivity index (χ1) is 13.6. The maximum absolute atomic E-state index is 13.7. The maximum Gasteiger partial charge on any atom is 0.220 e. The number of hydrogen-bond donors (Lipinski definition) is 1. The minimum absolute atomic E-state index is 0.00486. The molecule has 0 aliphatic carbocycles. The van der Waals surface area contributed by atoms with Crippen LogP contribution in [0, 0.1) is 12.7 Å². The van der Waals surface area contributed by atoms with E-state index in [9.17, 15) is 9.18 Å². The van der Waals surface area contributed by atoms with Crippen LogP contribution in [-0.2, 0) is 9.53 Å². The lowest BCUT2D eigenvalue weighted by Crippen LogP contribution is -2.43. The minimum Gasteiger partial charge on any atom is -0.379 e. The summed E-state index contributed by atoms with van der Waals surface area (Å²) < 4.78 is 19.1. The van der Waals surface area contributed by atoms with Gasteiger partial charge >= 0.3 is 0 Å². The highest BCUT2D eigenvalue weighted by Gasteiger charge is 2.23. The number of benzene rings is 2. The van der Waals surface area contributed by atoms with E-state index in [1.54, 1.807) is 18.2 Å². The molecule has 2 aromatic carbocycles. The number of carbonyl (C=O) groups excluding carboxylic acids is 1. The van der Waals surface area contributed by atoms with Gasteiger partial charge in [0.2, 0.25) is 5.91 Å². The summed E-state index contributed by atoms with van der Waals surface area (Å²) in [6.45, 7) is 5.80. The Labute approximate surface area is 170 Å². The van der Waals surface area contributed by atoms with Gasteiger partial charge in [-0.25, -0.2) is 4.39 Å². The molecule has 1 atom stereocenters. The zero-order valence-corrected chi connectivity index (χ0v) is 17.0. The first-order valence-electron chi connectivity index (χ1n) is 9.66. The van der Waals surface area contributed by atoms with Gasteiger partial charge in [0.1, 0.15) is 5.82 Å². The van der Waals surface area contributed by atoms with E-state index in [1.165, 1.54) is 29.0 Å². The number of nitrogens with one attached hydrogen (secondary N) is 1. The Hall–Kier alpha value is -1.89. The summed E-state index contributed by atoms with van der Waals surface area (Å²) >= 11 is 1.37. The predicted molar refractivity (Wildman–Crippen MR) is 111 cm³/mol. The molecule has 4 nitrogen and oxygen atoms in total. The summed E-state index contributed by atoms with van der Waals surface area (Å²) in [6, 6.07) is 15.2. The molecule has 1 heterocycles. The number of hydrogen-bond acceptors (Lipinski definition) is 4. The third kappa shape index (κ3) is 6.06. The summed E-state index contributed by atoms with van der Waals surface area (Å²) in [6.07, 6.45) is 0.364. The van der Waals surface area contributed by atoms with Gasteiger partial charge in [-0.3, -0.25) is 9.69 Å². The maximum atomic E-state index is 13.7. The molecule has 6 heteroatoms. The number of aryl methyl sites for hydroxylation is 1. The number of nitrogens with zero attached hydrogens (tertiary/aromatic N) is 1. The van der Waals surface area contributed by atoms with Crippen molar-refractivity contribution < 1.29 is 13.9 Å². The van der Waals surface area contributed by atoms with E-state index in [-0.39, 0.29) is 17.8 Å². The number of ether oxygens (including phenoxy) is 1. The molecule has 1 aliphatic heterocycles. The van der Waals surface area contributed by atoms with E-state index >= 15 is 0 Å². The summed E-state index contributed by atoms with van der Waals surface area (Å²) in [5, 5.41) is 3.07. The Morgan fingerprint density at radius 1 is 1.21 bits per heavy atom. The molecule has 0 bridgehead atoms. The number of morpholine rings is 1. The average Bonchev–Trinajstić information content (AvgIpc) is 2.70. The molecular weight excluding hydrogens is 375 g/mol. The van der Waals surface area contributed by atoms with Crippen molar-refractivity contribution in [2.75, 3.05) is 38.6 Å². The third-order valence-electron chi connectivity index (χ3n) is 4.83. The summed E-state index contributed by atoms with van der Waals surface area (Å²) in [4.78, 5) is 15.3. The van der Waals surface area contributed by atoms with E-state index < -0.39 is 0 Å². The number of rotatable bonds is 8. The van der Waals surface area contributed by atoms with Gasteiger partial charge in [-0.15, -0.1) is 11.8 Å². The first-order valence-corrected chi connectivity index (χ1v) is 10.6. The lowest BCUT2D eigenvalue weighted by atomic mass is 10.0. The van der Waals surface area contributed by atoms with Crippen molar-refractivity contribution in [1.82, 2.24) is 10.2 Å². The molecule has 0 aromatic heterocycles. The standard InChI is InChI=1S/C22H27FN2O2S/c1-17-5-4-6-18(15-17)20(25-10-12-27-13-11-25)16-24-22(26)9-14-28-21-8-3-2-7-19(21)23/h2-8,15,20H,9-14,16H2,1H3,(H,24,26). The zero-order valence-electron chi connectivity index (χ0n) is 16.2. The lowest BCUT2D eigenvalue weighted by Gasteiger charge is -2.35. The number of halogens is 1. The fourth-order valence-electron chi connectivity index (χ4n) is 3.34. The smallest absolute Gasteiger partial charge is 0.220 e. The van der Waals surface area contributed by atoms with Crippen molar-refractivity contribution in [2.24, 2.45) is 0 Å². The van der Waals surface area contributed by atoms with Crippen LogP contribution in [0.1, 0.15) is 23.6 Å². The molecule has 1 unspecified atom stereocenters. The lowest BCUT2D eigenvalue weighted by molar-refractivity contribution is -0.121. The highest BCUT2D eigenvalue weighted by Crippen LogP contribution is 2.23. The summed E-state index contributed by atoms with van der Waals surface area (Å²) in [5.41, 5.74) is 2.42.